The van der Waals surface area contributed by atoms with Crippen LogP contribution in [0.15, 0.2) is 16.9 Å². The first-order chi connectivity index (χ1) is 11.9. The van der Waals surface area contributed by atoms with Crippen LogP contribution in [0.25, 0.3) is 11.3 Å². The number of likely N-dealkylation sites (N-methyl/N-ethyl adjacent to an activating group) is 1. The van der Waals surface area contributed by atoms with Crippen molar-refractivity contribution in [1.82, 2.24) is 4.57 Å². The Bertz CT molecular complexity index is 975. The highest BCUT2D eigenvalue weighted by molar-refractivity contribution is 5.92. The van der Waals surface area contributed by atoms with Gasteiger partial charge in [-0.05, 0) is 48.9 Å². The van der Waals surface area contributed by atoms with Crippen LogP contribution < -0.4 is 10.5 Å². The Morgan fingerprint density at radius 3 is 2.60 bits per heavy atom. The van der Waals surface area contributed by atoms with Crippen LogP contribution in [-0.2, 0) is 26.3 Å². The predicted molar refractivity (Wildman–Crippen MR) is 94.7 cm³/mol. The summed E-state index contributed by atoms with van der Waals surface area (Å²) < 4.78 is 1.38. The molecule has 0 unspecified atom stereocenters. The van der Waals surface area contributed by atoms with E-state index in [1.807, 2.05) is 0 Å². The molecule has 0 amide bonds. The Hall–Kier alpha value is -2.76. The quantitative estimate of drug-likeness (QED) is 0.829. The highest BCUT2D eigenvalue weighted by atomic mass is 16.4. The van der Waals surface area contributed by atoms with Crippen LogP contribution in [0.4, 0.5) is 5.69 Å². The number of anilines is 1. The van der Waals surface area contributed by atoms with E-state index in [0.29, 0.717) is 17.7 Å². The van der Waals surface area contributed by atoms with Gasteiger partial charge in [0.2, 0.25) is 0 Å². The number of carboxylic acids is 1. The van der Waals surface area contributed by atoms with E-state index in [2.05, 4.69) is 24.1 Å². The smallest absolute Gasteiger partial charge is 0.345 e. The van der Waals surface area contributed by atoms with E-state index in [1.54, 1.807) is 7.05 Å². The minimum absolute atomic E-state index is 0.379. The summed E-state index contributed by atoms with van der Waals surface area (Å²) in [6, 6.07) is 4.29. The van der Waals surface area contributed by atoms with Crippen molar-refractivity contribution in [2.75, 3.05) is 18.5 Å². The maximum absolute atomic E-state index is 12.5. The molecule has 25 heavy (non-hydrogen) atoms. The molecule has 6 nitrogen and oxygen atoms in total. The zero-order chi connectivity index (χ0) is 17.9. The van der Waals surface area contributed by atoms with Gasteiger partial charge in [0.15, 0.2) is 5.56 Å². The molecule has 2 heterocycles. The number of hydrogen-bond acceptors (Lipinski definition) is 4. The molecule has 2 aliphatic rings. The summed E-state index contributed by atoms with van der Waals surface area (Å²) in [5.74, 6) is -1.77. The van der Waals surface area contributed by atoms with Crippen LogP contribution >= 0.6 is 0 Å². The third-order valence-corrected chi connectivity index (χ3v) is 5.44. The normalized spacial score (nSPS) is 15.4. The minimum atomic E-state index is -1.39. The average Bonchev–Trinajstić information content (AvgIpc) is 2.81. The molecule has 0 atom stereocenters. The number of carboxylic acid groups (broad SMARTS) is 1. The van der Waals surface area contributed by atoms with Crippen molar-refractivity contribution in [2.24, 2.45) is 7.05 Å². The van der Waals surface area contributed by atoms with Gasteiger partial charge >= 0.3 is 5.97 Å². The molecule has 0 saturated carbocycles. The number of benzene rings is 1. The van der Waals surface area contributed by atoms with Gasteiger partial charge in [-0.1, -0.05) is 0 Å². The first kappa shape index (κ1) is 15.7. The third kappa shape index (κ3) is 2.17. The van der Waals surface area contributed by atoms with E-state index in [9.17, 15) is 19.8 Å². The Kier molecular flexibility index (Phi) is 3.39. The Labute approximate surface area is 144 Å². The number of aromatic hydroxyl groups is 1. The third-order valence-electron chi connectivity index (χ3n) is 5.44. The summed E-state index contributed by atoms with van der Waals surface area (Å²) in [6.07, 6.45) is 3.13. The molecule has 0 fully saturated rings. The average molecular weight is 340 g/mol. The van der Waals surface area contributed by atoms with E-state index in [4.69, 9.17) is 0 Å². The predicted octanol–water partition coefficient (Wildman–Crippen LogP) is 1.94. The molecule has 130 valence electrons. The summed E-state index contributed by atoms with van der Waals surface area (Å²) in [6.45, 7) is 0.965. The fraction of sp³-hybridized carbons (Fsp3) is 0.368. The van der Waals surface area contributed by atoms with Crippen LogP contribution in [0.1, 0.15) is 33.5 Å². The van der Waals surface area contributed by atoms with Gasteiger partial charge < -0.3 is 19.7 Å². The van der Waals surface area contributed by atoms with Gasteiger partial charge in [-0.15, -0.1) is 0 Å². The Morgan fingerprint density at radius 2 is 1.88 bits per heavy atom. The van der Waals surface area contributed by atoms with Crippen molar-refractivity contribution in [1.29, 1.82) is 0 Å². The van der Waals surface area contributed by atoms with E-state index >= 15 is 0 Å². The van der Waals surface area contributed by atoms with Gasteiger partial charge in [-0.2, -0.15) is 0 Å². The number of nitrogens with zero attached hydrogens (tertiary/aromatic N) is 2. The second kappa shape index (κ2) is 5.37. The van der Waals surface area contributed by atoms with Gasteiger partial charge in [-0.3, -0.25) is 4.79 Å². The zero-order valence-corrected chi connectivity index (χ0v) is 14.3. The first-order valence-electron chi connectivity index (χ1n) is 8.45. The summed E-state index contributed by atoms with van der Waals surface area (Å²) in [7, 11) is 3.66. The second-order valence-corrected chi connectivity index (χ2v) is 6.88. The van der Waals surface area contributed by atoms with Gasteiger partial charge in [0, 0.05) is 37.5 Å². The van der Waals surface area contributed by atoms with Gasteiger partial charge in [0.25, 0.3) is 5.56 Å². The lowest BCUT2D eigenvalue weighted by Crippen LogP contribution is -2.27. The summed E-state index contributed by atoms with van der Waals surface area (Å²) >= 11 is 0. The highest BCUT2D eigenvalue weighted by Crippen LogP contribution is 2.41. The molecule has 1 aliphatic carbocycles. The maximum atomic E-state index is 12.5. The highest BCUT2D eigenvalue weighted by Gasteiger charge is 2.29. The fourth-order valence-corrected chi connectivity index (χ4v) is 4.13. The molecule has 0 saturated heterocycles. The molecule has 6 heteroatoms. The van der Waals surface area contributed by atoms with Crippen molar-refractivity contribution in [3.63, 3.8) is 0 Å². The number of pyridine rings is 1. The molecular weight excluding hydrogens is 320 g/mol. The maximum Gasteiger partial charge on any atom is 0.345 e. The number of rotatable bonds is 1. The van der Waals surface area contributed by atoms with Gasteiger partial charge in [0.1, 0.15) is 5.75 Å². The molecule has 0 radical (unpaired) electrons. The van der Waals surface area contributed by atoms with E-state index in [1.165, 1.54) is 15.8 Å². The fourth-order valence-electron chi connectivity index (χ4n) is 4.13. The first-order valence-corrected chi connectivity index (χ1v) is 8.45. The van der Waals surface area contributed by atoms with Crippen LogP contribution in [0.3, 0.4) is 0 Å². The van der Waals surface area contributed by atoms with E-state index < -0.39 is 17.1 Å². The molecule has 2 aromatic rings. The topological polar surface area (TPSA) is 82.8 Å². The second-order valence-electron chi connectivity index (χ2n) is 6.88. The molecule has 0 spiro atoms. The number of aromatic carboxylic acids is 1. The molecular formula is C19H20N2O4. The van der Waals surface area contributed by atoms with E-state index in [0.717, 1.165) is 36.9 Å². The number of aromatic nitrogens is 1. The molecule has 4 rings (SSSR count). The molecule has 1 aromatic carbocycles. The lowest BCUT2D eigenvalue weighted by molar-refractivity contribution is 0.0691. The van der Waals surface area contributed by atoms with Crippen LogP contribution in [0.2, 0.25) is 0 Å². The molecule has 0 bridgehead atoms. The number of fused-ring (bicyclic) bond motifs is 4. The van der Waals surface area contributed by atoms with Crippen molar-refractivity contribution >= 4 is 11.7 Å². The van der Waals surface area contributed by atoms with Crippen LogP contribution in [0, 0.1) is 0 Å². The Balaban J connectivity index is 2.06. The van der Waals surface area contributed by atoms with Crippen LogP contribution in [-0.4, -0.2) is 34.3 Å². The summed E-state index contributed by atoms with van der Waals surface area (Å²) in [5, 5.41) is 19.8. The largest absolute Gasteiger partial charge is 0.506 e. The number of carbonyl (C=O) groups is 1. The lowest BCUT2D eigenvalue weighted by Gasteiger charge is -2.19. The zero-order valence-electron chi connectivity index (χ0n) is 14.3. The molecule has 2 N–H and O–H groups in total. The number of aryl methyl sites for hydroxylation is 1. The monoisotopic (exact) mass is 340 g/mol. The summed E-state index contributed by atoms with van der Waals surface area (Å²) in [4.78, 5) is 26.2. The van der Waals surface area contributed by atoms with Crippen molar-refractivity contribution < 1.29 is 15.0 Å². The minimum Gasteiger partial charge on any atom is -0.506 e. The number of hydrogen-bond donors (Lipinski definition) is 2. The SMILES string of the molecule is CN1CCc2cc3c(cc21)CCCc1c(O)c(C(=O)O)c(=O)n(C)c1-3. The van der Waals surface area contributed by atoms with Crippen molar-refractivity contribution in [3.05, 3.63) is 44.7 Å². The summed E-state index contributed by atoms with van der Waals surface area (Å²) in [5.41, 5.74) is 4.53. The Morgan fingerprint density at radius 1 is 1.12 bits per heavy atom. The van der Waals surface area contributed by atoms with E-state index in [-0.39, 0.29) is 5.75 Å². The standard InChI is InChI=1S/C19H20N2O4/c1-20-7-6-11-8-13-10(9-14(11)20)4-3-5-12-16(13)21(2)18(23)15(17(12)22)19(24)25/h8-9,22H,3-7H2,1-2H3,(H,24,25). The van der Waals surface area contributed by atoms with Crippen molar-refractivity contribution in [3.8, 4) is 17.0 Å². The molecule has 1 aliphatic heterocycles. The van der Waals surface area contributed by atoms with Crippen molar-refractivity contribution in [2.45, 2.75) is 25.7 Å². The van der Waals surface area contributed by atoms with Crippen LogP contribution in [0.5, 0.6) is 5.75 Å². The van der Waals surface area contributed by atoms with Gasteiger partial charge in [-0.25, -0.2) is 4.79 Å². The lowest BCUT2D eigenvalue weighted by atomic mass is 9.96. The van der Waals surface area contributed by atoms with Gasteiger partial charge in [0.05, 0.1) is 5.69 Å². The molecule has 1 aromatic heterocycles.